The molecule has 1 amide bonds. The van der Waals surface area contributed by atoms with E-state index in [1.807, 2.05) is 4.90 Å². The highest BCUT2D eigenvalue weighted by atomic mass is 32.1. The Labute approximate surface area is 133 Å². The van der Waals surface area contributed by atoms with Crippen LogP contribution in [0, 0.1) is 17.7 Å². The first-order valence-corrected chi connectivity index (χ1v) is 8.41. The number of carbonyl (C=O) groups is 1. The van der Waals surface area contributed by atoms with Gasteiger partial charge in [-0.2, -0.15) is 0 Å². The number of benzene rings is 1. The van der Waals surface area contributed by atoms with Gasteiger partial charge in [0.1, 0.15) is 16.5 Å². The molecular formula is C17H19FN2OS. The largest absolute Gasteiger partial charge is 0.337 e. The Hall–Kier alpha value is -1.75. The average molecular weight is 318 g/mol. The second kappa shape index (κ2) is 6.16. The van der Waals surface area contributed by atoms with Crippen LogP contribution in [-0.2, 0) is 0 Å². The van der Waals surface area contributed by atoms with Crippen molar-refractivity contribution in [3.8, 4) is 10.6 Å². The van der Waals surface area contributed by atoms with Gasteiger partial charge < -0.3 is 4.90 Å². The molecule has 1 aliphatic rings. The van der Waals surface area contributed by atoms with Gasteiger partial charge >= 0.3 is 0 Å². The van der Waals surface area contributed by atoms with Crippen LogP contribution >= 0.6 is 11.3 Å². The molecule has 1 saturated heterocycles. The fraction of sp³-hybridized carbons (Fsp3) is 0.412. The fourth-order valence-corrected chi connectivity index (χ4v) is 3.89. The van der Waals surface area contributed by atoms with Crippen LogP contribution in [0.2, 0.25) is 0 Å². The van der Waals surface area contributed by atoms with Crippen LogP contribution in [0.3, 0.4) is 0 Å². The fourth-order valence-electron chi connectivity index (χ4n) is 3.09. The summed E-state index contributed by atoms with van der Waals surface area (Å²) in [6.07, 6.45) is 1.17. The van der Waals surface area contributed by atoms with Crippen molar-refractivity contribution in [3.05, 3.63) is 41.2 Å². The van der Waals surface area contributed by atoms with Crippen molar-refractivity contribution in [1.82, 2.24) is 9.88 Å². The van der Waals surface area contributed by atoms with Crippen LogP contribution in [0.5, 0.6) is 0 Å². The molecule has 0 saturated carbocycles. The molecule has 3 nitrogen and oxygen atoms in total. The van der Waals surface area contributed by atoms with Gasteiger partial charge in [0.25, 0.3) is 5.91 Å². The first-order valence-electron chi connectivity index (χ1n) is 7.53. The molecule has 1 aromatic carbocycles. The number of hydrogen-bond acceptors (Lipinski definition) is 3. The topological polar surface area (TPSA) is 33.2 Å². The number of likely N-dealkylation sites (tertiary alicyclic amines) is 1. The summed E-state index contributed by atoms with van der Waals surface area (Å²) in [6.45, 7) is 5.96. The molecule has 5 heteroatoms. The molecule has 0 aliphatic carbocycles. The number of rotatable bonds is 2. The summed E-state index contributed by atoms with van der Waals surface area (Å²) in [4.78, 5) is 18.9. The molecule has 2 unspecified atom stereocenters. The number of hydrogen-bond donors (Lipinski definition) is 0. The summed E-state index contributed by atoms with van der Waals surface area (Å²) >= 11 is 1.42. The van der Waals surface area contributed by atoms with E-state index in [9.17, 15) is 9.18 Å². The molecule has 2 aromatic rings. The van der Waals surface area contributed by atoms with Gasteiger partial charge in [0, 0.05) is 24.0 Å². The summed E-state index contributed by atoms with van der Waals surface area (Å²) < 4.78 is 13.0. The number of thiazole rings is 1. The molecular weight excluding hydrogens is 299 g/mol. The molecule has 116 valence electrons. The maximum absolute atomic E-state index is 13.0. The number of carbonyl (C=O) groups excluding carboxylic acids is 1. The van der Waals surface area contributed by atoms with Gasteiger partial charge in [0.15, 0.2) is 0 Å². The van der Waals surface area contributed by atoms with Crippen LogP contribution in [0.25, 0.3) is 10.6 Å². The van der Waals surface area contributed by atoms with Crippen molar-refractivity contribution in [1.29, 1.82) is 0 Å². The first-order chi connectivity index (χ1) is 10.5. The number of amides is 1. The zero-order chi connectivity index (χ0) is 15.7. The summed E-state index contributed by atoms with van der Waals surface area (Å²) in [5.74, 6) is 0.793. The van der Waals surface area contributed by atoms with E-state index in [0.29, 0.717) is 17.5 Å². The van der Waals surface area contributed by atoms with Crippen molar-refractivity contribution < 1.29 is 9.18 Å². The normalized spacial score (nSPS) is 21.9. The van der Waals surface area contributed by atoms with E-state index in [2.05, 4.69) is 18.8 Å². The van der Waals surface area contributed by atoms with Crippen LogP contribution in [0.4, 0.5) is 4.39 Å². The molecule has 0 radical (unpaired) electrons. The maximum Gasteiger partial charge on any atom is 0.273 e. The minimum Gasteiger partial charge on any atom is -0.337 e. The van der Waals surface area contributed by atoms with Gasteiger partial charge in [0.2, 0.25) is 0 Å². The van der Waals surface area contributed by atoms with Crippen molar-refractivity contribution in [2.24, 2.45) is 11.8 Å². The monoisotopic (exact) mass is 318 g/mol. The van der Waals surface area contributed by atoms with E-state index in [1.54, 1.807) is 17.5 Å². The summed E-state index contributed by atoms with van der Waals surface area (Å²) in [6, 6.07) is 6.19. The summed E-state index contributed by atoms with van der Waals surface area (Å²) in [7, 11) is 0. The van der Waals surface area contributed by atoms with Gasteiger partial charge in [0.05, 0.1) is 0 Å². The predicted octanol–water partition coefficient (Wildman–Crippen LogP) is 4.07. The lowest BCUT2D eigenvalue weighted by molar-refractivity contribution is 0.0618. The molecule has 2 atom stereocenters. The van der Waals surface area contributed by atoms with Gasteiger partial charge in [-0.1, -0.05) is 13.8 Å². The second-order valence-electron chi connectivity index (χ2n) is 6.20. The van der Waals surface area contributed by atoms with Gasteiger partial charge in [-0.15, -0.1) is 11.3 Å². The Bertz CT molecular complexity index is 658. The lowest BCUT2D eigenvalue weighted by Gasteiger charge is -2.34. The SMILES string of the molecule is CC1CC(C)CN(C(=O)c2csc(-c3ccc(F)cc3)n2)C1. The predicted molar refractivity (Wildman–Crippen MR) is 86.4 cm³/mol. The van der Waals surface area contributed by atoms with Gasteiger partial charge in [-0.3, -0.25) is 4.79 Å². The van der Waals surface area contributed by atoms with Crippen LogP contribution in [-0.4, -0.2) is 28.9 Å². The van der Waals surface area contributed by atoms with E-state index in [4.69, 9.17) is 0 Å². The molecule has 1 aliphatic heterocycles. The number of nitrogens with zero attached hydrogens (tertiary/aromatic N) is 2. The summed E-state index contributed by atoms with van der Waals surface area (Å²) in [5.41, 5.74) is 1.33. The molecule has 0 bridgehead atoms. The van der Waals surface area contributed by atoms with Gasteiger partial charge in [-0.25, -0.2) is 9.37 Å². The Balaban J connectivity index is 1.78. The van der Waals surface area contributed by atoms with Crippen LogP contribution in [0.15, 0.2) is 29.6 Å². The quantitative estimate of drug-likeness (QED) is 0.836. The molecule has 3 rings (SSSR count). The van der Waals surface area contributed by atoms with E-state index < -0.39 is 0 Å². The highest BCUT2D eigenvalue weighted by Gasteiger charge is 2.27. The van der Waals surface area contributed by atoms with Crippen LogP contribution < -0.4 is 0 Å². The van der Waals surface area contributed by atoms with E-state index in [1.165, 1.54) is 29.9 Å². The highest BCUT2D eigenvalue weighted by Crippen LogP contribution is 2.26. The Morgan fingerprint density at radius 2 is 1.86 bits per heavy atom. The molecule has 2 heterocycles. The number of piperidine rings is 1. The average Bonchev–Trinajstić information content (AvgIpc) is 2.96. The number of aromatic nitrogens is 1. The number of halogens is 1. The van der Waals surface area contributed by atoms with E-state index in [0.717, 1.165) is 23.7 Å². The standard InChI is InChI=1S/C17H19FN2OS/c1-11-7-12(2)9-20(8-11)17(21)15-10-22-16(19-15)13-3-5-14(18)6-4-13/h3-6,10-12H,7-9H2,1-2H3. The first kappa shape index (κ1) is 15.2. The zero-order valence-corrected chi connectivity index (χ0v) is 13.6. The Morgan fingerprint density at radius 3 is 2.50 bits per heavy atom. The van der Waals surface area contributed by atoms with Crippen molar-refractivity contribution in [2.45, 2.75) is 20.3 Å². The third kappa shape index (κ3) is 3.19. The minimum absolute atomic E-state index is 0.00279. The van der Waals surface area contributed by atoms with Crippen LogP contribution in [0.1, 0.15) is 30.8 Å². The smallest absolute Gasteiger partial charge is 0.273 e. The summed E-state index contributed by atoms with van der Waals surface area (Å²) in [5, 5.41) is 2.55. The molecule has 0 N–H and O–H groups in total. The van der Waals surface area contributed by atoms with E-state index >= 15 is 0 Å². The van der Waals surface area contributed by atoms with E-state index in [-0.39, 0.29) is 11.7 Å². The highest BCUT2D eigenvalue weighted by molar-refractivity contribution is 7.13. The molecule has 1 aromatic heterocycles. The molecule has 0 spiro atoms. The Morgan fingerprint density at radius 1 is 1.23 bits per heavy atom. The van der Waals surface area contributed by atoms with Crippen molar-refractivity contribution >= 4 is 17.2 Å². The lowest BCUT2D eigenvalue weighted by Crippen LogP contribution is -2.42. The third-order valence-electron chi connectivity index (χ3n) is 3.97. The second-order valence-corrected chi connectivity index (χ2v) is 7.06. The molecule has 1 fully saturated rings. The maximum atomic E-state index is 13.0. The zero-order valence-electron chi connectivity index (χ0n) is 12.8. The Kier molecular flexibility index (Phi) is 4.25. The lowest BCUT2D eigenvalue weighted by atomic mass is 9.92. The van der Waals surface area contributed by atoms with Crippen molar-refractivity contribution in [3.63, 3.8) is 0 Å². The van der Waals surface area contributed by atoms with Crippen molar-refractivity contribution in [2.75, 3.05) is 13.1 Å². The van der Waals surface area contributed by atoms with Gasteiger partial charge in [-0.05, 0) is 42.5 Å². The molecule has 22 heavy (non-hydrogen) atoms. The minimum atomic E-state index is -0.270. The third-order valence-corrected chi connectivity index (χ3v) is 4.86.